The topological polar surface area (TPSA) is 81.7 Å². The van der Waals surface area contributed by atoms with Crippen LogP contribution in [0.15, 0.2) is 30.3 Å². The maximum Gasteiger partial charge on any atom is 0.341 e. The van der Waals surface area contributed by atoms with Crippen molar-refractivity contribution in [2.45, 2.75) is 33.6 Å². The maximum atomic E-state index is 12.3. The zero-order valence-electron chi connectivity index (χ0n) is 15.7. The number of thiophene rings is 1. The highest BCUT2D eigenvalue weighted by Crippen LogP contribution is 2.34. The fourth-order valence-corrected chi connectivity index (χ4v) is 3.78. The lowest BCUT2D eigenvalue weighted by Gasteiger charge is -2.08. The van der Waals surface area contributed by atoms with Gasteiger partial charge in [0.1, 0.15) is 5.00 Å². The summed E-state index contributed by atoms with van der Waals surface area (Å²) in [6, 6.07) is 9.14. The standard InChI is InChI=1S/C20H23NO5S/c1-4-15-13(3)27-19(18(15)20(24)25-5-2)21-16(22)12-26-17(23)11-14-9-7-6-8-10-14/h6-10H,4-5,11-12H2,1-3H3,(H,21,22). The van der Waals surface area contributed by atoms with Gasteiger partial charge in [0.05, 0.1) is 18.6 Å². The molecule has 0 spiro atoms. The predicted molar refractivity (Wildman–Crippen MR) is 104 cm³/mol. The Bertz CT molecular complexity index is 813. The van der Waals surface area contributed by atoms with Crippen LogP contribution in [-0.2, 0) is 31.9 Å². The van der Waals surface area contributed by atoms with Crippen molar-refractivity contribution in [1.82, 2.24) is 0 Å². The molecule has 2 aromatic rings. The van der Waals surface area contributed by atoms with Gasteiger partial charge in [0, 0.05) is 4.88 Å². The second kappa shape index (κ2) is 9.87. The summed E-state index contributed by atoms with van der Waals surface area (Å²) >= 11 is 1.31. The van der Waals surface area contributed by atoms with Crippen molar-refractivity contribution in [3.8, 4) is 0 Å². The summed E-state index contributed by atoms with van der Waals surface area (Å²) < 4.78 is 10.1. The summed E-state index contributed by atoms with van der Waals surface area (Å²) in [7, 11) is 0. The van der Waals surface area contributed by atoms with Gasteiger partial charge in [-0.3, -0.25) is 9.59 Å². The Labute approximate surface area is 162 Å². The summed E-state index contributed by atoms with van der Waals surface area (Å²) in [5, 5.41) is 3.09. The number of ether oxygens (including phenoxy) is 2. The van der Waals surface area contributed by atoms with E-state index in [4.69, 9.17) is 9.47 Å². The number of anilines is 1. The van der Waals surface area contributed by atoms with E-state index in [1.807, 2.05) is 44.2 Å². The zero-order chi connectivity index (χ0) is 19.8. The van der Waals surface area contributed by atoms with Crippen molar-refractivity contribution in [1.29, 1.82) is 0 Å². The summed E-state index contributed by atoms with van der Waals surface area (Å²) in [5.74, 6) is -1.44. The number of nitrogens with one attached hydrogen (secondary N) is 1. The summed E-state index contributed by atoms with van der Waals surface area (Å²) in [5.41, 5.74) is 2.05. The van der Waals surface area contributed by atoms with Gasteiger partial charge in [-0.05, 0) is 31.4 Å². The highest BCUT2D eigenvalue weighted by atomic mass is 32.1. The molecule has 0 radical (unpaired) electrons. The predicted octanol–water partition coefficient (Wildman–Crippen LogP) is 3.52. The fraction of sp³-hybridized carbons (Fsp3) is 0.350. The van der Waals surface area contributed by atoms with Crippen LogP contribution in [0.25, 0.3) is 0 Å². The van der Waals surface area contributed by atoms with Crippen LogP contribution < -0.4 is 5.32 Å². The van der Waals surface area contributed by atoms with E-state index in [1.54, 1.807) is 6.92 Å². The fourth-order valence-electron chi connectivity index (χ4n) is 2.63. The molecule has 0 fully saturated rings. The van der Waals surface area contributed by atoms with Gasteiger partial charge in [-0.1, -0.05) is 37.3 Å². The Hall–Kier alpha value is -2.67. The monoisotopic (exact) mass is 389 g/mol. The second-order valence-electron chi connectivity index (χ2n) is 5.79. The van der Waals surface area contributed by atoms with E-state index in [0.717, 1.165) is 16.0 Å². The van der Waals surface area contributed by atoms with Gasteiger partial charge in [-0.25, -0.2) is 4.79 Å². The van der Waals surface area contributed by atoms with E-state index in [0.29, 0.717) is 17.0 Å². The van der Waals surface area contributed by atoms with Crippen LogP contribution in [0, 0.1) is 6.92 Å². The van der Waals surface area contributed by atoms with Crippen LogP contribution >= 0.6 is 11.3 Å². The van der Waals surface area contributed by atoms with Gasteiger partial charge in [0.15, 0.2) is 6.61 Å². The molecule has 0 atom stereocenters. The van der Waals surface area contributed by atoms with E-state index in [9.17, 15) is 14.4 Å². The number of aryl methyl sites for hydroxylation is 1. The van der Waals surface area contributed by atoms with Crippen LogP contribution in [0.4, 0.5) is 5.00 Å². The molecule has 144 valence electrons. The molecule has 1 aromatic carbocycles. The SMILES string of the molecule is CCOC(=O)c1c(NC(=O)COC(=O)Cc2ccccc2)sc(C)c1CC. The molecular weight excluding hydrogens is 366 g/mol. The van der Waals surface area contributed by atoms with Crippen molar-refractivity contribution in [3.05, 3.63) is 51.9 Å². The highest BCUT2D eigenvalue weighted by Gasteiger charge is 2.23. The molecule has 0 unspecified atom stereocenters. The number of rotatable bonds is 8. The quantitative estimate of drug-likeness (QED) is 0.699. The number of amides is 1. The third-order valence-corrected chi connectivity index (χ3v) is 4.91. The van der Waals surface area contributed by atoms with E-state index in [1.165, 1.54) is 11.3 Å². The first-order chi connectivity index (χ1) is 13.0. The van der Waals surface area contributed by atoms with E-state index in [-0.39, 0.29) is 13.0 Å². The maximum absolute atomic E-state index is 12.3. The third-order valence-electron chi connectivity index (χ3n) is 3.85. The average Bonchev–Trinajstić information content (AvgIpc) is 2.96. The molecule has 0 saturated carbocycles. The van der Waals surface area contributed by atoms with Crippen molar-refractivity contribution in [3.63, 3.8) is 0 Å². The zero-order valence-corrected chi connectivity index (χ0v) is 16.5. The smallest absolute Gasteiger partial charge is 0.341 e. The van der Waals surface area contributed by atoms with Crippen molar-refractivity contribution in [2.75, 3.05) is 18.5 Å². The minimum Gasteiger partial charge on any atom is -0.462 e. The lowest BCUT2D eigenvalue weighted by Crippen LogP contribution is -2.22. The summed E-state index contributed by atoms with van der Waals surface area (Å²) in [4.78, 5) is 37.2. The molecule has 1 N–H and O–H groups in total. The summed E-state index contributed by atoms with van der Waals surface area (Å²) in [6.07, 6.45) is 0.749. The molecule has 2 rings (SSSR count). The number of hydrogen-bond acceptors (Lipinski definition) is 6. The summed E-state index contributed by atoms with van der Waals surface area (Å²) in [6.45, 7) is 5.40. The van der Waals surface area contributed by atoms with Crippen LogP contribution in [0.3, 0.4) is 0 Å². The van der Waals surface area contributed by atoms with E-state index < -0.39 is 24.5 Å². The number of hydrogen-bond donors (Lipinski definition) is 1. The first-order valence-corrected chi connectivity index (χ1v) is 9.56. The van der Waals surface area contributed by atoms with Crippen LogP contribution in [0.1, 0.15) is 40.2 Å². The molecule has 6 nitrogen and oxygen atoms in total. The average molecular weight is 389 g/mol. The molecular formula is C20H23NO5S. The molecule has 0 aliphatic carbocycles. The Morgan fingerprint density at radius 2 is 1.78 bits per heavy atom. The molecule has 27 heavy (non-hydrogen) atoms. The lowest BCUT2D eigenvalue weighted by atomic mass is 10.1. The Balaban J connectivity index is 1.99. The van der Waals surface area contributed by atoms with E-state index in [2.05, 4.69) is 5.32 Å². The third kappa shape index (κ3) is 5.65. The van der Waals surface area contributed by atoms with Gasteiger partial charge >= 0.3 is 11.9 Å². The lowest BCUT2D eigenvalue weighted by molar-refractivity contribution is -0.146. The highest BCUT2D eigenvalue weighted by molar-refractivity contribution is 7.16. The van der Waals surface area contributed by atoms with Gasteiger partial charge in [-0.2, -0.15) is 0 Å². The number of carbonyl (C=O) groups is 3. The van der Waals surface area contributed by atoms with Gasteiger partial charge < -0.3 is 14.8 Å². The first-order valence-electron chi connectivity index (χ1n) is 8.75. The molecule has 0 aliphatic heterocycles. The molecule has 1 heterocycles. The second-order valence-corrected chi connectivity index (χ2v) is 7.01. The number of carbonyl (C=O) groups excluding carboxylic acids is 3. The first kappa shape index (κ1) is 20.6. The molecule has 0 aliphatic rings. The molecule has 0 saturated heterocycles. The Morgan fingerprint density at radius 1 is 1.07 bits per heavy atom. The van der Waals surface area contributed by atoms with Crippen LogP contribution in [0.2, 0.25) is 0 Å². The minimum atomic E-state index is -0.495. The molecule has 7 heteroatoms. The molecule has 0 bridgehead atoms. The van der Waals surface area contributed by atoms with Crippen molar-refractivity contribution in [2.24, 2.45) is 0 Å². The van der Waals surface area contributed by atoms with Crippen LogP contribution in [-0.4, -0.2) is 31.1 Å². The van der Waals surface area contributed by atoms with Crippen molar-refractivity contribution < 1.29 is 23.9 Å². The Kier molecular flexibility index (Phi) is 7.55. The minimum absolute atomic E-state index is 0.0975. The molecule has 1 aromatic heterocycles. The van der Waals surface area contributed by atoms with Crippen LogP contribution in [0.5, 0.6) is 0 Å². The van der Waals surface area contributed by atoms with Gasteiger partial charge in [-0.15, -0.1) is 11.3 Å². The largest absolute Gasteiger partial charge is 0.462 e. The van der Waals surface area contributed by atoms with E-state index >= 15 is 0 Å². The van der Waals surface area contributed by atoms with Gasteiger partial charge in [0.2, 0.25) is 0 Å². The Morgan fingerprint density at radius 3 is 2.41 bits per heavy atom. The normalized spacial score (nSPS) is 10.3. The van der Waals surface area contributed by atoms with Crippen molar-refractivity contribution >= 4 is 34.2 Å². The number of benzene rings is 1. The molecule has 1 amide bonds. The number of esters is 2. The van der Waals surface area contributed by atoms with Gasteiger partial charge in [0.25, 0.3) is 5.91 Å².